The lowest BCUT2D eigenvalue weighted by Crippen LogP contribution is -2.41. The zero-order valence-corrected chi connectivity index (χ0v) is 20.6. The lowest BCUT2D eigenvalue weighted by molar-refractivity contribution is 0.00578. The predicted octanol–water partition coefficient (Wildman–Crippen LogP) is 6.86. The van der Waals surface area contributed by atoms with Crippen molar-refractivity contribution in [2.24, 2.45) is 0 Å². The third-order valence-electron chi connectivity index (χ3n) is 7.19. The number of hydrogen-bond acceptors (Lipinski definition) is 3. The Morgan fingerprint density at radius 2 is 1.00 bits per heavy atom. The zero-order chi connectivity index (χ0) is 24.6. The van der Waals surface area contributed by atoms with E-state index in [-0.39, 0.29) is 0 Å². The quantitative estimate of drug-likeness (QED) is 0.315. The van der Waals surface area contributed by atoms with Crippen molar-refractivity contribution in [3.63, 3.8) is 0 Å². The molecule has 4 heteroatoms. The number of nitrogens with zero attached hydrogens (tertiary/aromatic N) is 1. The Hall–Kier alpha value is -3.65. The maximum absolute atomic E-state index is 10.3. The predicted molar refractivity (Wildman–Crippen MR) is 143 cm³/mol. The Balaban J connectivity index is 1.65. The summed E-state index contributed by atoms with van der Waals surface area (Å²) in [6.07, 6.45) is 0. The molecule has 1 aliphatic heterocycles. The van der Waals surface area contributed by atoms with Gasteiger partial charge in [-0.05, 0) is 66.5 Å². The van der Waals surface area contributed by atoms with Crippen LogP contribution >= 0.6 is 0 Å². The van der Waals surface area contributed by atoms with Gasteiger partial charge in [0, 0.05) is 0 Å². The van der Waals surface area contributed by atoms with Crippen LogP contribution in [0.2, 0.25) is 0 Å². The second-order valence-electron chi connectivity index (χ2n) is 10.0. The minimum atomic E-state index is -0.516. The molecular formula is C31H28BNO2. The third kappa shape index (κ3) is 4.30. The molecule has 0 aliphatic carbocycles. The van der Waals surface area contributed by atoms with Gasteiger partial charge in [0.25, 0.3) is 0 Å². The van der Waals surface area contributed by atoms with Crippen molar-refractivity contribution in [1.29, 1.82) is 5.26 Å². The topological polar surface area (TPSA) is 42.2 Å². The highest BCUT2D eigenvalue weighted by Crippen LogP contribution is 2.38. The van der Waals surface area contributed by atoms with Gasteiger partial charge in [0.15, 0.2) is 0 Å². The lowest BCUT2D eigenvalue weighted by atomic mass is 9.75. The molecule has 0 radical (unpaired) electrons. The number of nitriles is 1. The van der Waals surface area contributed by atoms with E-state index >= 15 is 0 Å². The molecule has 1 saturated heterocycles. The molecule has 0 aromatic heterocycles. The van der Waals surface area contributed by atoms with Crippen LogP contribution in [0.25, 0.3) is 33.4 Å². The van der Waals surface area contributed by atoms with Crippen molar-refractivity contribution in [3.8, 4) is 39.4 Å². The summed E-state index contributed by atoms with van der Waals surface area (Å²) in [5.74, 6) is 0. The molecule has 172 valence electrons. The molecule has 0 amide bonds. The highest BCUT2D eigenvalue weighted by Gasteiger charge is 2.51. The maximum atomic E-state index is 10.3. The van der Waals surface area contributed by atoms with Gasteiger partial charge in [0.1, 0.15) is 6.07 Å². The molecule has 5 rings (SSSR count). The second kappa shape index (κ2) is 8.85. The van der Waals surface area contributed by atoms with E-state index < -0.39 is 18.3 Å². The van der Waals surface area contributed by atoms with E-state index in [0.717, 1.165) is 38.8 Å². The van der Waals surface area contributed by atoms with Crippen molar-refractivity contribution >= 4 is 12.6 Å². The molecule has 3 nitrogen and oxygen atoms in total. The average molecular weight is 457 g/mol. The summed E-state index contributed by atoms with van der Waals surface area (Å²) in [5.41, 5.74) is 6.68. The van der Waals surface area contributed by atoms with Crippen LogP contribution < -0.4 is 5.46 Å². The van der Waals surface area contributed by atoms with Crippen LogP contribution in [0.1, 0.15) is 33.3 Å². The Labute approximate surface area is 208 Å². The van der Waals surface area contributed by atoms with E-state index in [4.69, 9.17) is 9.31 Å². The average Bonchev–Trinajstić information content (AvgIpc) is 3.11. The summed E-state index contributed by atoms with van der Waals surface area (Å²) in [5, 5.41) is 10.3. The van der Waals surface area contributed by atoms with Gasteiger partial charge in [0.05, 0.1) is 16.8 Å². The smallest absolute Gasteiger partial charge is 0.399 e. The standard InChI is InChI=1S/C31H28BNO2/c1-30(2)31(3,4)35-32(34-30)26-19-27(24-13-9-6-10-14-24)29(21-33)28(20-26)25-17-15-23(16-18-25)22-11-7-5-8-12-22/h5-20H,1-4H3. The van der Waals surface area contributed by atoms with Crippen molar-refractivity contribution in [3.05, 3.63) is 103 Å². The molecule has 0 N–H and O–H groups in total. The second-order valence-corrected chi connectivity index (χ2v) is 10.0. The highest BCUT2D eigenvalue weighted by atomic mass is 16.7. The van der Waals surface area contributed by atoms with E-state index in [1.54, 1.807) is 0 Å². The summed E-state index contributed by atoms with van der Waals surface area (Å²) >= 11 is 0. The van der Waals surface area contributed by atoms with E-state index in [1.165, 1.54) is 0 Å². The first-order valence-corrected chi connectivity index (χ1v) is 11.9. The third-order valence-corrected chi connectivity index (χ3v) is 7.19. The SMILES string of the molecule is CC1(C)OB(c2cc(-c3ccccc3)c(C#N)c(-c3ccc(-c4ccccc4)cc3)c2)OC1(C)C. The van der Waals surface area contributed by atoms with Crippen LogP contribution in [-0.2, 0) is 9.31 Å². The zero-order valence-electron chi connectivity index (χ0n) is 20.6. The number of rotatable bonds is 4. The molecule has 0 unspecified atom stereocenters. The molecule has 4 aromatic rings. The molecule has 1 heterocycles. The van der Waals surface area contributed by atoms with Crippen LogP contribution in [-0.4, -0.2) is 18.3 Å². The van der Waals surface area contributed by atoms with Crippen LogP contribution in [0.3, 0.4) is 0 Å². The highest BCUT2D eigenvalue weighted by molar-refractivity contribution is 6.62. The van der Waals surface area contributed by atoms with Gasteiger partial charge in [-0.15, -0.1) is 0 Å². The first kappa shape index (κ1) is 23.1. The number of benzene rings is 4. The molecule has 0 bridgehead atoms. The fraction of sp³-hybridized carbons (Fsp3) is 0.194. The van der Waals surface area contributed by atoms with Crippen molar-refractivity contribution < 1.29 is 9.31 Å². The van der Waals surface area contributed by atoms with Gasteiger partial charge in [0.2, 0.25) is 0 Å². The monoisotopic (exact) mass is 457 g/mol. The minimum Gasteiger partial charge on any atom is -0.399 e. The molecule has 1 fully saturated rings. The summed E-state index contributed by atoms with van der Waals surface area (Å²) in [6, 6.07) is 35.3. The van der Waals surface area contributed by atoms with Crippen molar-refractivity contribution in [1.82, 2.24) is 0 Å². The molecular weight excluding hydrogens is 429 g/mol. The van der Waals surface area contributed by atoms with Gasteiger partial charge >= 0.3 is 7.12 Å². The van der Waals surface area contributed by atoms with E-state index in [9.17, 15) is 5.26 Å². The van der Waals surface area contributed by atoms with Crippen molar-refractivity contribution in [2.75, 3.05) is 0 Å². The van der Waals surface area contributed by atoms with Gasteiger partial charge in [-0.25, -0.2) is 0 Å². The van der Waals surface area contributed by atoms with Crippen LogP contribution in [0.4, 0.5) is 0 Å². The molecule has 1 aliphatic rings. The molecule has 0 saturated carbocycles. The normalized spacial score (nSPS) is 16.1. The van der Waals surface area contributed by atoms with E-state index in [0.29, 0.717) is 5.56 Å². The summed E-state index contributed by atoms with van der Waals surface area (Å²) in [7, 11) is -0.516. The van der Waals surface area contributed by atoms with Crippen LogP contribution in [0, 0.1) is 11.3 Å². The Kier molecular flexibility index (Phi) is 5.85. The van der Waals surface area contributed by atoms with Crippen molar-refractivity contribution in [2.45, 2.75) is 38.9 Å². The summed E-state index contributed by atoms with van der Waals surface area (Å²) in [6.45, 7) is 8.21. The fourth-order valence-corrected chi connectivity index (χ4v) is 4.45. The molecule has 4 aromatic carbocycles. The Bertz CT molecular complexity index is 1370. The molecule has 0 spiro atoms. The first-order chi connectivity index (χ1) is 16.8. The molecule has 0 atom stereocenters. The lowest BCUT2D eigenvalue weighted by Gasteiger charge is -2.32. The Morgan fingerprint density at radius 3 is 1.49 bits per heavy atom. The molecule has 35 heavy (non-hydrogen) atoms. The Morgan fingerprint density at radius 1 is 0.600 bits per heavy atom. The van der Waals surface area contributed by atoms with Gasteiger partial charge < -0.3 is 9.31 Å². The van der Waals surface area contributed by atoms with Crippen LogP contribution in [0.5, 0.6) is 0 Å². The maximum Gasteiger partial charge on any atom is 0.494 e. The van der Waals surface area contributed by atoms with Gasteiger partial charge in [-0.3, -0.25) is 0 Å². The van der Waals surface area contributed by atoms with E-state index in [2.05, 4.69) is 70.2 Å². The minimum absolute atomic E-state index is 0.448. The van der Waals surface area contributed by atoms with Gasteiger partial charge in [-0.2, -0.15) is 5.26 Å². The number of hydrogen-bond donors (Lipinski definition) is 0. The summed E-state index contributed by atoms with van der Waals surface area (Å²) < 4.78 is 12.8. The van der Waals surface area contributed by atoms with E-state index in [1.807, 2.05) is 60.7 Å². The van der Waals surface area contributed by atoms with Gasteiger partial charge in [-0.1, -0.05) is 97.1 Å². The fourth-order valence-electron chi connectivity index (χ4n) is 4.45. The summed E-state index contributed by atoms with van der Waals surface area (Å²) in [4.78, 5) is 0. The largest absolute Gasteiger partial charge is 0.494 e. The van der Waals surface area contributed by atoms with Crippen LogP contribution in [0.15, 0.2) is 97.1 Å². The first-order valence-electron chi connectivity index (χ1n) is 11.9.